The van der Waals surface area contributed by atoms with Crippen LogP contribution >= 0.6 is 23.2 Å². The van der Waals surface area contributed by atoms with Gasteiger partial charge in [-0.2, -0.15) is 9.78 Å². The van der Waals surface area contributed by atoms with E-state index in [0.29, 0.717) is 23.5 Å². The van der Waals surface area contributed by atoms with Gasteiger partial charge in [0, 0.05) is 23.7 Å². The van der Waals surface area contributed by atoms with E-state index in [0.717, 1.165) is 36.3 Å². The molecule has 0 saturated heterocycles. The van der Waals surface area contributed by atoms with Gasteiger partial charge in [0.15, 0.2) is 0 Å². The Morgan fingerprint density at radius 1 is 1.05 bits per heavy atom. The van der Waals surface area contributed by atoms with Crippen molar-refractivity contribution in [1.29, 1.82) is 0 Å². The van der Waals surface area contributed by atoms with Crippen LogP contribution in [0.5, 0.6) is 11.5 Å². The number of phenols is 1. The number of anilines is 1. The van der Waals surface area contributed by atoms with Crippen molar-refractivity contribution >= 4 is 40.8 Å². The molecular formula is C29H26Cl2N4O4. The SMILES string of the molecule is COc1ccc(CNC(=O)n2nc(-c3cc(NC(=O)c4c(Cl)cccc4Cl)ccc3O)cc2C2CCC2)cc1. The van der Waals surface area contributed by atoms with E-state index in [1.165, 1.54) is 10.7 Å². The predicted molar refractivity (Wildman–Crippen MR) is 151 cm³/mol. The molecule has 0 aliphatic heterocycles. The average molecular weight is 565 g/mol. The van der Waals surface area contributed by atoms with E-state index in [1.54, 1.807) is 37.4 Å². The van der Waals surface area contributed by atoms with Gasteiger partial charge in [-0.25, -0.2) is 4.79 Å². The van der Waals surface area contributed by atoms with E-state index in [4.69, 9.17) is 27.9 Å². The minimum atomic E-state index is -0.485. The second kappa shape index (κ2) is 11.4. The van der Waals surface area contributed by atoms with Gasteiger partial charge in [-0.15, -0.1) is 0 Å². The third-order valence-corrected chi connectivity index (χ3v) is 7.41. The molecule has 5 rings (SSSR count). The molecule has 2 amide bonds. The molecule has 39 heavy (non-hydrogen) atoms. The van der Waals surface area contributed by atoms with Crippen LogP contribution in [0.4, 0.5) is 10.5 Å². The second-order valence-electron chi connectivity index (χ2n) is 9.28. The maximum atomic E-state index is 13.2. The highest BCUT2D eigenvalue weighted by Gasteiger charge is 2.28. The fourth-order valence-corrected chi connectivity index (χ4v) is 4.98. The standard InChI is InChI=1S/C29H26Cl2N4O4/c1-39-20-11-8-17(9-12-20)16-32-29(38)35-25(18-4-2-5-18)15-24(34-35)21-14-19(10-13-26(21)36)33-28(37)27-22(30)6-3-7-23(27)31/h3,6-15,18,36H,2,4-5,16H2,1H3,(H,32,38)(H,33,37). The molecule has 8 nitrogen and oxygen atoms in total. The summed E-state index contributed by atoms with van der Waals surface area (Å²) in [6.45, 7) is 0.319. The minimum Gasteiger partial charge on any atom is -0.507 e. The lowest BCUT2D eigenvalue weighted by atomic mass is 9.82. The highest BCUT2D eigenvalue weighted by Crippen LogP contribution is 2.39. The van der Waals surface area contributed by atoms with Crippen molar-refractivity contribution in [3.05, 3.63) is 93.6 Å². The molecule has 10 heteroatoms. The number of phenolic OH excluding ortho intramolecular Hbond substituents is 1. The average Bonchev–Trinajstić information content (AvgIpc) is 3.32. The zero-order valence-corrected chi connectivity index (χ0v) is 22.6. The fraction of sp³-hybridized carbons (Fsp3) is 0.207. The molecule has 1 aromatic heterocycles. The molecule has 3 aromatic carbocycles. The summed E-state index contributed by atoms with van der Waals surface area (Å²) in [6.07, 6.45) is 2.99. The van der Waals surface area contributed by atoms with Crippen molar-refractivity contribution in [2.75, 3.05) is 12.4 Å². The molecule has 1 aliphatic rings. The summed E-state index contributed by atoms with van der Waals surface area (Å²) in [7, 11) is 1.60. The van der Waals surface area contributed by atoms with Gasteiger partial charge in [0.2, 0.25) is 0 Å². The van der Waals surface area contributed by atoms with Crippen LogP contribution in [0.2, 0.25) is 10.0 Å². The summed E-state index contributed by atoms with van der Waals surface area (Å²) >= 11 is 12.4. The molecule has 0 atom stereocenters. The van der Waals surface area contributed by atoms with Crippen molar-refractivity contribution in [3.8, 4) is 22.8 Å². The number of halogens is 2. The van der Waals surface area contributed by atoms with Gasteiger partial charge in [-0.1, -0.05) is 47.8 Å². The number of hydrogen-bond acceptors (Lipinski definition) is 5. The molecule has 4 aromatic rings. The Kier molecular flexibility index (Phi) is 7.77. The van der Waals surface area contributed by atoms with Crippen LogP contribution in [0.15, 0.2) is 66.7 Å². The summed E-state index contributed by atoms with van der Waals surface area (Å²) in [4.78, 5) is 26.1. The van der Waals surface area contributed by atoms with Crippen LogP contribution in [-0.4, -0.2) is 33.9 Å². The van der Waals surface area contributed by atoms with Gasteiger partial charge in [0.1, 0.15) is 11.5 Å². The predicted octanol–water partition coefficient (Wildman–Crippen LogP) is 6.85. The van der Waals surface area contributed by atoms with Crippen LogP contribution < -0.4 is 15.4 Å². The molecule has 0 bridgehead atoms. The molecule has 1 fully saturated rings. The third kappa shape index (κ3) is 5.72. The summed E-state index contributed by atoms with van der Waals surface area (Å²) in [5.74, 6) is 0.417. The number of carbonyl (C=O) groups excluding carboxylic acids is 2. The summed E-state index contributed by atoms with van der Waals surface area (Å²) < 4.78 is 6.56. The number of rotatable bonds is 7. The first-order valence-corrected chi connectivity index (χ1v) is 13.2. The summed E-state index contributed by atoms with van der Waals surface area (Å²) in [5.41, 5.74) is 3.05. The van der Waals surface area contributed by atoms with Gasteiger partial charge in [0.25, 0.3) is 5.91 Å². The fourth-order valence-electron chi connectivity index (χ4n) is 4.41. The largest absolute Gasteiger partial charge is 0.507 e. The number of methoxy groups -OCH3 is 1. The number of nitrogens with one attached hydrogen (secondary N) is 2. The van der Waals surface area contributed by atoms with E-state index < -0.39 is 5.91 Å². The normalized spacial score (nSPS) is 13.0. The van der Waals surface area contributed by atoms with Crippen LogP contribution in [0, 0.1) is 0 Å². The number of hydrogen-bond donors (Lipinski definition) is 3. The molecule has 200 valence electrons. The van der Waals surface area contributed by atoms with E-state index in [9.17, 15) is 14.7 Å². The molecule has 1 saturated carbocycles. The Morgan fingerprint density at radius 2 is 1.77 bits per heavy atom. The Hall–Kier alpha value is -4.01. The van der Waals surface area contributed by atoms with Crippen molar-refractivity contribution < 1.29 is 19.4 Å². The zero-order chi connectivity index (χ0) is 27.5. The monoisotopic (exact) mass is 564 g/mol. The first kappa shape index (κ1) is 26.6. The van der Waals surface area contributed by atoms with Crippen LogP contribution in [0.1, 0.15) is 46.8 Å². The molecule has 1 heterocycles. The Balaban J connectivity index is 1.40. The highest BCUT2D eigenvalue weighted by molar-refractivity contribution is 6.40. The first-order chi connectivity index (χ1) is 18.8. The number of carbonyl (C=O) groups is 2. The topological polar surface area (TPSA) is 105 Å². The Labute approximate surface area is 235 Å². The van der Waals surface area contributed by atoms with Crippen LogP contribution in [-0.2, 0) is 6.54 Å². The van der Waals surface area contributed by atoms with Gasteiger partial charge >= 0.3 is 6.03 Å². The van der Waals surface area contributed by atoms with E-state index in [2.05, 4.69) is 15.7 Å². The van der Waals surface area contributed by atoms with Crippen molar-refractivity contribution in [2.45, 2.75) is 31.7 Å². The van der Waals surface area contributed by atoms with Crippen LogP contribution in [0.25, 0.3) is 11.3 Å². The molecule has 1 aliphatic carbocycles. The summed E-state index contributed by atoms with van der Waals surface area (Å²) in [5, 5.41) is 21.4. The van der Waals surface area contributed by atoms with Gasteiger partial charge < -0.3 is 20.5 Å². The second-order valence-corrected chi connectivity index (χ2v) is 10.1. The maximum Gasteiger partial charge on any atom is 0.342 e. The smallest absolute Gasteiger partial charge is 0.342 e. The van der Waals surface area contributed by atoms with Crippen molar-refractivity contribution in [3.63, 3.8) is 0 Å². The molecule has 3 N–H and O–H groups in total. The third-order valence-electron chi connectivity index (χ3n) is 6.78. The summed E-state index contributed by atoms with van der Waals surface area (Å²) in [6, 6.07) is 18.3. The number of ether oxygens (including phenoxy) is 1. The van der Waals surface area contributed by atoms with Gasteiger partial charge in [-0.05, 0) is 66.9 Å². The first-order valence-electron chi connectivity index (χ1n) is 12.4. The molecule has 0 spiro atoms. The Morgan fingerprint density at radius 3 is 2.41 bits per heavy atom. The van der Waals surface area contributed by atoms with E-state index in [-0.39, 0.29) is 33.3 Å². The molecule has 0 radical (unpaired) electrons. The lowest BCUT2D eigenvalue weighted by molar-refractivity contribution is 0.102. The lowest BCUT2D eigenvalue weighted by Crippen LogP contribution is -2.31. The quantitative estimate of drug-likeness (QED) is 0.213. The lowest BCUT2D eigenvalue weighted by Gasteiger charge is -2.25. The van der Waals surface area contributed by atoms with E-state index in [1.807, 2.05) is 30.3 Å². The Bertz CT molecular complexity index is 1510. The highest BCUT2D eigenvalue weighted by atomic mass is 35.5. The van der Waals surface area contributed by atoms with Gasteiger partial charge in [0.05, 0.1) is 34.1 Å². The van der Waals surface area contributed by atoms with Gasteiger partial charge in [-0.3, -0.25) is 4.79 Å². The number of nitrogens with zero attached hydrogens (tertiary/aromatic N) is 2. The van der Waals surface area contributed by atoms with E-state index >= 15 is 0 Å². The molecule has 0 unspecified atom stereocenters. The minimum absolute atomic E-state index is 0.0350. The number of amides is 2. The van der Waals surface area contributed by atoms with Crippen molar-refractivity contribution in [1.82, 2.24) is 15.1 Å². The van der Waals surface area contributed by atoms with Crippen molar-refractivity contribution in [2.24, 2.45) is 0 Å². The number of aromatic hydroxyl groups is 1. The van der Waals surface area contributed by atoms with Crippen LogP contribution in [0.3, 0.4) is 0 Å². The number of benzene rings is 3. The molecular weight excluding hydrogens is 539 g/mol. The maximum absolute atomic E-state index is 13.2. The zero-order valence-electron chi connectivity index (χ0n) is 21.1. The number of aromatic nitrogens is 2.